The zero-order chi connectivity index (χ0) is 23.8. The second kappa shape index (κ2) is 11.7. The molecule has 34 heavy (non-hydrogen) atoms. The van der Waals surface area contributed by atoms with Gasteiger partial charge in [-0.05, 0) is 56.0 Å². The Morgan fingerprint density at radius 2 is 1.97 bits per heavy atom. The van der Waals surface area contributed by atoms with E-state index < -0.39 is 0 Å². The standard InChI is InChI=1S/C26H32N4O4/c1-32-22-13-12-20(16-23(22)33-2)25-28-24(34-29-25)18-30-15-7-11-21(17-30)26(31)27-14-6-10-19-8-4-3-5-9-19/h3-5,8-9,12-13,16,21H,6-7,10-11,14-15,17-18H2,1-2H3,(H,27,31). The molecule has 2 heterocycles. The Hall–Kier alpha value is -3.39. The van der Waals surface area contributed by atoms with Gasteiger partial charge in [-0.2, -0.15) is 4.98 Å². The van der Waals surface area contributed by atoms with Crippen LogP contribution in [0.2, 0.25) is 0 Å². The number of ether oxygens (including phenoxy) is 2. The Balaban J connectivity index is 1.27. The average molecular weight is 465 g/mol. The molecule has 1 unspecified atom stereocenters. The Bertz CT molecular complexity index is 1070. The number of aryl methyl sites for hydroxylation is 1. The van der Waals surface area contributed by atoms with Crippen molar-refractivity contribution in [1.82, 2.24) is 20.4 Å². The fourth-order valence-electron chi connectivity index (χ4n) is 4.31. The first kappa shape index (κ1) is 23.8. The molecule has 0 spiro atoms. The summed E-state index contributed by atoms with van der Waals surface area (Å²) in [7, 11) is 3.19. The molecular formula is C26H32N4O4. The Labute approximate surface area is 200 Å². The number of piperidine rings is 1. The van der Waals surface area contributed by atoms with E-state index in [-0.39, 0.29) is 11.8 Å². The van der Waals surface area contributed by atoms with Crippen LogP contribution in [0.15, 0.2) is 53.1 Å². The molecule has 1 atom stereocenters. The first-order valence-corrected chi connectivity index (χ1v) is 11.7. The number of carbonyl (C=O) groups is 1. The number of nitrogens with one attached hydrogen (secondary N) is 1. The molecule has 0 bridgehead atoms. The highest BCUT2D eigenvalue weighted by molar-refractivity contribution is 5.78. The van der Waals surface area contributed by atoms with Gasteiger partial charge in [0.05, 0.1) is 26.7 Å². The van der Waals surface area contributed by atoms with Crippen LogP contribution in [-0.2, 0) is 17.8 Å². The zero-order valence-electron chi connectivity index (χ0n) is 19.8. The van der Waals surface area contributed by atoms with Gasteiger partial charge < -0.3 is 19.3 Å². The summed E-state index contributed by atoms with van der Waals surface area (Å²) in [6, 6.07) is 15.9. The summed E-state index contributed by atoms with van der Waals surface area (Å²) >= 11 is 0. The van der Waals surface area contributed by atoms with Crippen LogP contribution in [0.5, 0.6) is 11.5 Å². The summed E-state index contributed by atoms with van der Waals surface area (Å²) in [6.07, 6.45) is 3.78. The van der Waals surface area contributed by atoms with Crippen LogP contribution >= 0.6 is 0 Å². The molecule has 1 aromatic heterocycles. The molecule has 8 heteroatoms. The Kier molecular flexibility index (Phi) is 8.14. The molecular weight excluding hydrogens is 432 g/mol. The van der Waals surface area contributed by atoms with Gasteiger partial charge in [-0.3, -0.25) is 9.69 Å². The maximum Gasteiger partial charge on any atom is 0.241 e. The van der Waals surface area contributed by atoms with Gasteiger partial charge in [0.1, 0.15) is 0 Å². The molecule has 3 aromatic rings. The van der Waals surface area contributed by atoms with Gasteiger partial charge in [0, 0.05) is 18.7 Å². The SMILES string of the molecule is COc1ccc(-c2noc(CN3CCCC(C(=O)NCCCc4ccccc4)C3)n2)cc1OC. The number of aromatic nitrogens is 2. The molecule has 1 aliphatic heterocycles. The second-order valence-corrected chi connectivity index (χ2v) is 8.54. The fraction of sp³-hybridized carbons (Fsp3) is 0.423. The summed E-state index contributed by atoms with van der Waals surface area (Å²) in [4.78, 5) is 19.5. The minimum Gasteiger partial charge on any atom is -0.493 e. The van der Waals surface area contributed by atoms with Crippen molar-refractivity contribution in [1.29, 1.82) is 0 Å². The van der Waals surface area contributed by atoms with E-state index in [0.29, 0.717) is 42.8 Å². The number of hydrogen-bond acceptors (Lipinski definition) is 7. The third kappa shape index (κ3) is 6.14. The quantitative estimate of drug-likeness (QED) is 0.458. The van der Waals surface area contributed by atoms with E-state index in [1.54, 1.807) is 14.2 Å². The molecule has 4 rings (SSSR count). The van der Waals surface area contributed by atoms with Gasteiger partial charge in [0.25, 0.3) is 0 Å². The van der Waals surface area contributed by atoms with Crippen molar-refractivity contribution in [3.05, 3.63) is 60.0 Å². The number of benzene rings is 2. The van der Waals surface area contributed by atoms with Crippen molar-refractivity contribution < 1.29 is 18.8 Å². The predicted molar refractivity (Wildman–Crippen MR) is 129 cm³/mol. The van der Waals surface area contributed by atoms with Crippen LogP contribution in [0.1, 0.15) is 30.7 Å². The highest BCUT2D eigenvalue weighted by atomic mass is 16.5. The maximum absolute atomic E-state index is 12.7. The van der Waals surface area contributed by atoms with Crippen molar-refractivity contribution in [2.45, 2.75) is 32.2 Å². The summed E-state index contributed by atoms with van der Waals surface area (Å²) in [5, 5.41) is 7.24. The van der Waals surface area contributed by atoms with E-state index in [1.165, 1.54) is 5.56 Å². The number of hydrogen-bond donors (Lipinski definition) is 1. The number of nitrogens with zero attached hydrogens (tertiary/aromatic N) is 3. The minimum absolute atomic E-state index is 0.0151. The second-order valence-electron chi connectivity index (χ2n) is 8.54. The summed E-state index contributed by atoms with van der Waals surface area (Å²) in [5.74, 6) is 2.41. The van der Waals surface area contributed by atoms with Crippen molar-refractivity contribution >= 4 is 5.91 Å². The van der Waals surface area contributed by atoms with E-state index in [1.807, 2.05) is 36.4 Å². The first-order valence-electron chi connectivity index (χ1n) is 11.7. The average Bonchev–Trinajstić information content (AvgIpc) is 3.35. The van der Waals surface area contributed by atoms with Crippen LogP contribution in [-0.4, -0.2) is 54.8 Å². The van der Waals surface area contributed by atoms with Crippen LogP contribution in [0.4, 0.5) is 0 Å². The molecule has 0 aliphatic carbocycles. The first-order chi connectivity index (χ1) is 16.7. The third-order valence-corrected chi connectivity index (χ3v) is 6.13. The van der Waals surface area contributed by atoms with E-state index in [4.69, 9.17) is 14.0 Å². The van der Waals surface area contributed by atoms with Gasteiger partial charge in [-0.1, -0.05) is 35.5 Å². The van der Waals surface area contributed by atoms with E-state index in [2.05, 4.69) is 32.5 Å². The number of amides is 1. The number of methoxy groups -OCH3 is 2. The lowest BCUT2D eigenvalue weighted by Gasteiger charge is -2.30. The molecule has 1 fully saturated rings. The molecule has 1 N–H and O–H groups in total. The fourth-order valence-corrected chi connectivity index (χ4v) is 4.31. The molecule has 0 radical (unpaired) electrons. The summed E-state index contributed by atoms with van der Waals surface area (Å²) < 4.78 is 16.1. The van der Waals surface area contributed by atoms with E-state index >= 15 is 0 Å². The van der Waals surface area contributed by atoms with Crippen molar-refractivity contribution in [3.63, 3.8) is 0 Å². The maximum atomic E-state index is 12.7. The predicted octanol–water partition coefficient (Wildman–Crippen LogP) is 3.71. The third-order valence-electron chi connectivity index (χ3n) is 6.13. The van der Waals surface area contributed by atoms with E-state index in [0.717, 1.165) is 37.8 Å². The van der Waals surface area contributed by atoms with Crippen LogP contribution in [0.25, 0.3) is 11.4 Å². The van der Waals surface area contributed by atoms with Gasteiger partial charge in [0.15, 0.2) is 11.5 Å². The number of carbonyl (C=O) groups excluding carboxylic acids is 1. The minimum atomic E-state index is -0.0151. The number of likely N-dealkylation sites (tertiary alicyclic amines) is 1. The topological polar surface area (TPSA) is 89.7 Å². The normalized spacial score (nSPS) is 16.2. The summed E-state index contributed by atoms with van der Waals surface area (Å²) in [6.45, 7) is 2.82. The molecule has 2 aromatic carbocycles. The lowest BCUT2D eigenvalue weighted by molar-refractivity contribution is -0.126. The van der Waals surface area contributed by atoms with Crippen molar-refractivity contribution in [2.75, 3.05) is 33.9 Å². The van der Waals surface area contributed by atoms with Gasteiger partial charge in [0.2, 0.25) is 17.6 Å². The smallest absolute Gasteiger partial charge is 0.241 e. The number of rotatable bonds is 10. The van der Waals surface area contributed by atoms with Gasteiger partial charge in [-0.25, -0.2) is 0 Å². The lowest BCUT2D eigenvalue weighted by atomic mass is 9.97. The zero-order valence-corrected chi connectivity index (χ0v) is 19.8. The molecule has 1 saturated heterocycles. The van der Waals surface area contributed by atoms with Gasteiger partial charge >= 0.3 is 0 Å². The highest BCUT2D eigenvalue weighted by Crippen LogP contribution is 2.31. The monoisotopic (exact) mass is 464 g/mol. The van der Waals surface area contributed by atoms with Gasteiger partial charge in [-0.15, -0.1) is 0 Å². The van der Waals surface area contributed by atoms with Crippen molar-refractivity contribution in [3.8, 4) is 22.9 Å². The molecule has 180 valence electrons. The molecule has 8 nitrogen and oxygen atoms in total. The van der Waals surface area contributed by atoms with Crippen molar-refractivity contribution in [2.24, 2.45) is 5.92 Å². The van der Waals surface area contributed by atoms with E-state index in [9.17, 15) is 4.79 Å². The molecule has 1 aliphatic rings. The Morgan fingerprint density at radius 1 is 1.15 bits per heavy atom. The van der Waals surface area contributed by atoms with Crippen LogP contribution in [0.3, 0.4) is 0 Å². The molecule has 0 saturated carbocycles. The van der Waals surface area contributed by atoms with Crippen LogP contribution < -0.4 is 14.8 Å². The Morgan fingerprint density at radius 3 is 2.76 bits per heavy atom. The molecule has 1 amide bonds. The highest BCUT2D eigenvalue weighted by Gasteiger charge is 2.26. The van der Waals surface area contributed by atoms with Crippen LogP contribution in [0, 0.1) is 5.92 Å². The largest absolute Gasteiger partial charge is 0.493 e. The lowest BCUT2D eigenvalue weighted by Crippen LogP contribution is -2.43. The summed E-state index contributed by atoms with van der Waals surface area (Å²) in [5.41, 5.74) is 2.09.